The van der Waals surface area contributed by atoms with Crippen molar-refractivity contribution in [1.29, 1.82) is 0 Å². The normalized spacial score (nSPS) is 16.6. The molecule has 1 aromatic rings. The lowest BCUT2D eigenvalue weighted by Gasteiger charge is -2.22. The van der Waals surface area contributed by atoms with Gasteiger partial charge in [-0.3, -0.25) is 9.52 Å². The summed E-state index contributed by atoms with van der Waals surface area (Å²) >= 11 is 1.47. The summed E-state index contributed by atoms with van der Waals surface area (Å²) in [6.45, 7) is 4.00. The molecule has 5 heteroatoms. The summed E-state index contributed by atoms with van der Waals surface area (Å²) in [4.78, 5) is 16.3. The van der Waals surface area contributed by atoms with Crippen molar-refractivity contribution < 1.29 is 4.79 Å². The Morgan fingerprint density at radius 3 is 2.94 bits per heavy atom. The molecule has 0 radical (unpaired) electrons. The fourth-order valence-corrected chi connectivity index (χ4v) is 2.16. The van der Waals surface area contributed by atoms with E-state index >= 15 is 0 Å². The molecule has 1 aliphatic rings. The monoisotopic (exact) mass is 235 g/mol. The first-order chi connectivity index (χ1) is 7.70. The van der Waals surface area contributed by atoms with Crippen LogP contribution in [0.3, 0.4) is 0 Å². The molecule has 0 bridgehead atoms. The van der Waals surface area contributed by atoms with E-state index in [1.807, 2.05) is 26.0 Å². The Bertz CT molecular complexity index is 443. The summed E-state index contributed by atoms with van der Waals surface area (Å²) in [6, 6.07) is 5.82. The van der Waals surface area contributed by atoms with Gasteiger partial charge in [0.25, 0.3) is 0 Å². The molecule has 0 saturated heterocycles. The number of fused-ring (bicyclic) bond motifs is 1. The molecular formula is C11H13N3OS. The second kappa shape index (κ2) is 4.57. The van der Waals surface area contributed by atoms with Gasteiger partial charge in [0.05, 0.1) is 10.6 Å². The standard InChI is InChI=1S/C11H13N3OS/c1-7(2)12-11-13-10-8(6-15)4-3-5-9(10)16-14-11/h3-7H,1-2H3,(H2,12,13,14). The number of hydrogen-bond acceptors (Lipinski definition) is 3. The van der Waals surface area contributed by atoms with Gasteiger partial charge >= 0.3 is 0 Å². The number of nitrogens with zero attached hydrogens (tertiary/aromatic N) is 1. The Kier molecular flexibility index (Phi) is 3.14. The summed E-state index contributed by atoms with van der Waals surface area (Å²) in [5.41, 5.74) is 1.49. The van der Waals surface area contributed by atoms with Gasteiger partial charge < -0.3 is 5.32 Å². The summed E-state index contributed by atoms with van der Waals surface area (Å²) in [5.74, 6) is 0.696. The van der Waals surface area contributed by atoms with Gasteiger partial charge in [0.2, 0.25) is 5.96 Å². The Hall–Kier alpha value is -1.49. The molecule has 16 heavy (non-hydrogen) atoms. The van der Waals surface area contributed by atoms with Crippen molar-refractivity contribution in [2.75, 3.05) is 5.32 Å². The van der Waals surface area contributed by atoms with Crippen LogP contribution in [0.15, 0.2) is 28.1 Å². The lowest BCUT2D eigenvalue weighted by molar-refractivity contribution is 0.112. The predicted molar refractivity (Wildman–Crippen MR) is 67.0 cm³/mol. The molecule has 1 aliphatic heterocycles. The first-order valence-electron chi connectivity index (χ1n) is 5.06. The van der Waals surface area contributed by atoms with Crippen LogP contribution in [0.2, 0.25) is 0 Å². The van der Waals surface area contributed by atoms with Crippen LogP contribution in [-0.4, -0.2) is 18.3 Å². The smallest absolute Gasteiger partial charge is 0.206 e. The fourth-order valence-electron chi connectivity index (χ4n) is 1.43. The van der Waals surface area contributed by atoms with E-state index in [4.69, 9.17) is 0 Å². The molecule has 0 aliphatic carbocycles. The second-order valence-corrected chi connectivity index (χ2v) is 4.59. The zero-order valence-electron chi connectivity index (χ0n) is 9.15. The molecule has 2 N–H and O–H groups in total. The van der Waals surface area contributed by atoms with Gasteiger partial charge in [0, 0.05) is 11.6 Å². The molecule has 0 atom stereocenters. The van der Waals surface area contributed by atoms with Crippen molar-refractivity contribution in [3.8, 4) is 0 Å². The topological polar surface area (TPSA) is 53.5 Å². The van der Waals surface area contributed by atoms with Crippen LogP contribution in [0, 0.1) is 0 Å². The number of carbonyl (C=O) groups excluding carboxylic acids is 1. The highest BCUT2D eigenvalue weighted by atomic mass is 32.2. The predicted octanol–water partition coefficient (Wildman–Crippen LogP) is 2.29. The van der Waals surface area contributed by atoms with Gasteiger partial charge in [-0.2, -0.15) is 0 Å². The molecule has 2 rings (SSSR count). The zero-order chi connectivity index (χ0) is 11.5. The highest BCUT2D eigenvalue weighted by Gasteiger charge is 2.16. The van der Waals surface area contributed by atoms with Gasteiger partial charge in [-0.25, -0.2) is 4.99 Å². The van der Waals surface area contributed by atoms with Crippen LogP contribution < -0.4 is 10.0 Å². The summed E-state index contributed by atoms with van der Waals surface area (Å²) < 4.78 is 3.10. The van der Waals surface area contributed by atoms with Gasteiger partial charge in [-0.05, 0) is 37.9 Å². The molecular weight excluding hydrogens is 222 g/mol. The van der Waals surface area contributed by atoms with E-state index in [-0.39, 0.29) is 6.04 Å². The third-order valence-corrected chi connectivity index (χ3v) is 2.93. The number of hydrogen-bond donors (Lipinski definition) is 2. The average Bonchev–Trinajstić information content (AvgIpc) is 2.27. The first kappa shape index (κ1) is 11.0. The van der Waals surface area contributed by atoms with E-state index < -0.39 is 0 Å². The van der Waals surface area contributed by atoms with E-state index in [2.05, 4.69) is 15.0 Å². The van der Waals surface area contributed by atoms with E-state index in [1.54, 1.807) is 6.07 Å². The largest absolute Gasteiger partial charge is 0.324 e. The van der Waals surface area contributed by atoms with Gasteiger partial charge in [0.15, 0.2) is 6.29 Å². The maximum absolute atomic E-state index is 10.9. The van der Waals surface area contributed by atoms with Gasteiger partial charge in [0.1, 0.15) is 0 Å². The van der Waals surface area contributed by atoms with E-state index in [0.29, 0.717) is 11.5 Å². The SMILES string of the molecule is CC(C)N=C1NSc2cccc(C=O)c2N1. The third kappa shape index (κ3) is 2.19. The number of benzene rings is 1. The Labute approximate surface area is 98.7 Å². The minimum Gasteiger partial charge on any atom is -0.324 e. The molecule has 84 valence electrons. The van der Waals surface area contributed by atoms with Crippen LogP contribution in [0.4, 0.5) is 5.69 Å². The first-order valence-corrected chi connectivity index (χ1v) is 5.88. The van der Waals surface area contributed by atoms with Crippen molar-refractivity contribution in [3.63, 3.8) is 0 Å². The summed E-state index contributed by atoms with van der Waals surface area (Å²) in [6.07, 6.45) is 0.852. The number of carbonyl (C=O) groups is 1. The van der Waals surface area contributed by atoms with E-state index in [0.717, 1.165) is 16.9 Å². The maximum atomic E-state index is 10.9. The fraction of sp³-hybridized carbons (Fsp3) is 0.273. The average molecular weight is 235 g/mol. The van der Waals surface area contributed by atoms with Crippen LogP contribution in [0.1, 0.15) is 24.2 Å². The molecule has 1 aromatic carbocycles. The summed E-state index contributed by atoms with van der Waals surface area (Å²) in [7, 11) is 0. The number of para-hydroxylation sites is 1. The summed E-state index contributed by atoms with van der Waals surface area (Å²) in [5, 5.41) is 3.13. The van der Waals surface area contributed by atoms with Crippen LogP contribution in [0.5, 0.6) is 0 Å². The maximum Gasteiger partial charge on any atom is 0.206 e. The number of aliphatic imine (C=N–C) groups is 1. The highest BCUT2D eigenvalue weighted by molar-refractivity contribution is 7.98. The van der Waals surface area contributed by atoms with Crippen molar-refractivity contribution in [3.05, 3.63) is 23.8 Å². The zero-order valence-corrected chi connectivity index (χ0v) is 9.97. The molecule has 0 amide bonds. The molecule has 0 spiro atoms. The van der Waals surface area contributed by atoms with Gasteiger partial charge in [-0.1, -0.05) is 6.07 Å². The van der Waals surface area contributed by atoms with Crippen molar-refractivity contribution in [2.24, 2.45) is 4.99 Å². The number of aldehydes is 1. The molecule has 1 heterocycles. The molecule has 0 unspecified atom stereocenters. The van der Waals surface area contributed by atoms with Crippen molar-refractivity contribution in [2.45, 2.75) is 24.8 Å². The molecule has 0 fully saturated rings. The van der Waals surface area contributed by atoms with Crippen LogP contribution in [-0.2, 0) is 0 Å². The van der Waals surface area contributed by atoms with Crippen LogP contribution >= 0.6 is 11.9 Å². The lowest BCUT2D eigenvalue weighted by Crippen LogP contribution is -2.30. The highest BCUT2D eigenvalue weighted by Crippen LogP contribution is 2.31. The van der Waals surface area contributed by atoms with Gasteiger partial charge in [-0.15, -0.1) is 0 Å². The number of guanidine groups is 1. The molecule has 0 saturated carbocycles. The van der Waals surface area contributed by atoms with Crippen molar-refractivity contribution >= 4 is 29.9 Å². The van der Waals surface area contributed by atoms with Crippen LogP contribution in [0.25, 0.3) is 0 Å². The third-order valence-electron chi connectivity index (χ3n) is 2.07. The minimum atomic E-state index is 0.209. The molecule has 0 aromatic heterocycles. The Balaban J connectivity index is 2.35. The van der Waals surface area contributed by atoms with Crippen molar-refractivity contribution in [1.82, 2.24) is 4.72 Å². The molecule has 4 nitrogen and oxygen atoms in total. The van der Waals surface area contributed by atoms with E-state index in [1.165, 1.54) is 11.9 Å². The number of nitrogens with one attached hydrogen (secondary N) is 2. The Morgan fingerprint density at radius 2 is 2.25 bits per heavy atom. The quantitative estimate of drug-likeness (QED) is 0.610. The second-order valence-electron chi connectivity index (χ2n) is 3.74. The number of rotatable bonds is 2. The lowest BCUT2D eigenvalue weighted by atomic mass is 10.2. The van der Waals surface area contributed by atoms with E-state index in [9.17, 15) is 4.79 Å². The number of anilines is 1. The Morgan fingerprint density at radius 1 is 1.44 bits per heavy atom. The minimum absolute atomic E-state index is 0.209.